The molecule has 0 aliphatic carbocycles. The Hall–Kier alpha value is -0.260. The molecular weight excluding hydrogens is 144 g/mol. The van der Waals surface area contributed by atoms with Crippen LogP contribution in [-0.2, 0) is 0 Å². The molecule has 0 aromatic heterocycles. The highest BCUT2D eigenvalue weighted by atomic mass is 14.0. The lowest BCUT2D eigenvalue weighted by Crippen LogP contribution is -1.83. The summed E-state index contributed by atoms with van der Waals surface area (Å²) < 4.78 is 0. The predicted octanol–water partition coefficient (Wildman–Crippen LogP) is 4.70. The van der Waals surface area contributed by atoms with Crippen LogP contribution in [0, 0.1) is 0 Å². The molecule has 0 amide bonds. The summed E-state index contributed by atoms with van der Waals surface area (Å²) in [6.45, 7) is 8.55. The molecule has 0 heteroatoms. The van der Waals surface area contributed by atoms with E-state index in [0.29, 0.717) is 0 Å². The predicted molar refractivity (Wildman–Crippen MR) is 57.4 cm³/mol. The maximum Gasteiger partial charge on any atom is -0.0323 e. The van der Waals surface area contributed by atoms with Gasteiger partial charge in [0.1, 0.15) is 0 Å². The molecule has 0 N–H and O–H groups in total. The SMILES string of the molecule is C=C(CCC)CCCCCCC. The van der Waals surface area contributed by atoms with Gasteiger partial charge in [-0.3, -0.25) is 0 Å². The second-order valence-corrected chi connectivity index (χ2v) is 3.66. The van der Waals surface area contributed by atoms with Crippen LogP contribution in [0.4, 0.5) is 0 Å². The van der Waals surface area contributed by atoms with Crippen molar-refractivity contribution < 1.29 is 0 Å². The first-order valence-electron chi connectivity index (χ1n) is 5.47. The third kappa shape index (κ3) is 7.84. The molecule has 0 unspecified atom stereocenters. The summed E-state index contributed by atoms with van der Waals surface area (Å²) in [6.07, 6.45) is 10.7. The zero-order valence-corrected chi connectivity index (χ0v) is 8.86. The highest BCUT2D eigenvalue weighted by Gasteiger charge is 1.93. The molecule has 0 rings (SSSR count). The third-order valence-corrected chi connectivity index (χ3v) is 2.24. The van der Waals surface area contributed by atoms with Gasteiger partial charge in [-0.2, -0.15) is 0 Å². The molecule has 0 saturated carbocycles. The lowest BCUT2D eigenvalue weighted by molar-refractivity contribution is 0.623. The number of hydrogen-bond acceptors (Lipinski definition) is 0. The van der Waals surface area contributed by atoms with Gasteiger partial charge in [0.2, 0.25) is 0 Å². The van der Waals surface area contributed by atoms with Crippen molar-refractivity contribution in [2.75, 3.05) is 0 Å². The Morgan fingerprint density at radius 1 is 0.833 bits per heavy atom. The first-order chi connectivity index (χ1) is 5.81. The fraction of sp³-hybridized carbons (Fsp3) is 0.833. The molecule has 0 saturated heterocycles. The van der Waals surface area contributed by atoms with E-state index in [1.807, 2.05) is 0 Å². The van der Waals surface area contributed by atoms with Gasteiger partial charge in [0.25, 0.3) is 0 Å². The Morgan fingerprint density at radius 3 is 2.08 bits per heavy atom. The lowest BCUT2D eigenvalue weighted by Gasteiger charge is -2.02. The molecule has 0 aromatic carbocycles. The molecule has 0 atom stereocenters. The Balaban J connectivity index is 3.03. The van der Waals surface area contributed by atoms with Crippen LogP contribution in [0.15, 0.2) is 12.2 Å². The van der Waals surface area contributed by atoms with Crippen molar-refractivity contribution in [2.45, 2.75) is 65.2 Å². The van der Waals surface area contributed by atoms with Gasteiger partial charge in [-0.15, -0.1) is 0 Å². The Kier molecular flexibility index (Phi) is 8.64. The maximum atomic E-state index is 4.06. The van der Waals surface area contributed by atoms with E-state index in [2.05, 4.69) is 20.4 Å². The van der Waals surface area contributed by atoms with Crippen LogP contribution >= 0.6 is 0 Å². The zero-order chi connectivity index (χ0) is 9.23. The van der Waals surface area contributed by atoms with Crippen molar-refractivity contribution in [2.24, 2.45) is 0 Å². The second-order valence-electron chi connectivity index (χ2n) is 3.66. The zero-order valence-electron chi connectivity index (χ0n) is 8.86. The van der Waals surface area contributed by atoms with Crippen molar-refractivity contribution in [3.05, 3.63) is 12.2 Å². The molecule has 0 aliphatic rings. The van der Waals surface area contributed by atoms with E-state index in [4.69, 9.17) is 0 Å². The van der Waals surface area contributed by atoms with Crippen LogP contribution in [0.25, 0.3) is 0 Å². The van der Waals surface area contributed by atoms with E-state index in [0.717, 1.165) is 0 Å². The molecular formula is C12H24. The van der Waals surface area contributed by atoms with Crippen molar-refractivity contribution in [3.63, 3.8) is 0 Å². The molecule has 0 fully saturated rings. The van der Waals surface area contributed by atoms with Gasteiger partial charge >= 0.3 is 0 Å². The molecule has 0 aromatic rings. The van der Waals surface area contributed by atoms with Gasteiger partial charge in [-0.25, -0.2) is 0 Å². The topological polar surface area (TPSA) is 0 Å². The lowest BCUT2D eigenvalue weighted by atomic mass is 10.0. The molecule has 0 aliphatic heterocycles. The quantitative estimate of drug-likeness (QED) is 0.364. The summed E-state index contributed by atoms with van der Waals surface area (Å²) in [7, 11) is 0. The van der Waals surface area contributed by atoms with E-state index < -0.39 is 0 Å². The highest BCUT2D eigenvalue weighted by Crippen LogP contribution is 2.13. The number of allylic oxidation sites excluding steroid dienone is 1. The van der Waals surface area contributed by atoms with Gasteiger partial charge in [0, 0.05) is 0 Å². The minimum absolute atomic E-state index is 1.23. The smallest absolute Gasteiger partial charge is 0.0323 e. The van der Waals surface area contributed by atoms with Gasteiger partial charge in [-0.05, 0) is 19.3 Å². The largest absolute Gasteiger partial charge is 0.0999 e. The van der Waals surface area contributed by atoms with Crippen LogP contribution in [0.5, 0.6) is 0 Å². The number of rotatable bonds is 8. The Morgan fingerprint density at radius 2 is 1.50 bits per heavy atom. The standard InChI is InChI=1S/C12H24/c1-4-6-7-8-9-11-12(3)10-5-2/h3-11H2,1-2H3. The summed E-state index contributed by atoms with van der Waals surface area (Å²) >= 11 is 0. The highest BCUT2D eigenvalue weighted by molar-refractivity contribution is 4.92. The average Bonchev–Trinajstić information content (AvgIpc) is 2.05. The molecule has 0 spiro atoms. The van der Waals surface area contributed by atoms with E-state index in [9.17, 15) is 0 Å². The van der Waals surface area contributed by atoms with Crippen molar-refractivity contribution in [3.8, 4) is 0 Å². The van der Waals surface area contributed by atoms with Crippen LogP contribution in [-0.4, -0.2) is 0 Å². The maximum absolute atomic E-state index is 4.06. The number of unbranched alkanes of at least 4 members (excludes halogenated alkanes) is 4. The first kappa shape index (κ1) is 11.7. The fourth-order valence-corrected chi connectivity index (χ4v) is 1.46. The van der Waals surface area contributed by atoms with Gasteiger partial charge in [-0.1, -0.05) is 58.1 Å². The summed E-state index contributed by atoms with van der Waals surface area (Å²) in [5, 5.41) is 0. The van der Waals surface area contributed by atoms with E-state index in [1.54, 1.807) is 0 Å². The Labute approximate surface area is 78.1 Å². The first-order valence-corrected chi connectivity index (χ1v) is 5.47. The van der Waals surface area contributed by atoms with E-state index in [1.165, 1.54) is 56.9 Å². The van der Waals surface area contributed by atoms with Crippen LogP contribution in [0.3, 0.4) is 0 Å². The summed E-state index contributed by atoms with van der Waals surface area (Å²) in [6, 6.07) is 0. The molecule has 0 nitrogen and oxygen atoms in total. The molecule has 12 heavy (non-hydrogen) atoms. The van der Waals surface area contributed by atoms with Crippen LogP contribution < -0.4 is 0 Å². The van der Waals surface area contributed by atoms with Gasteiger partial charge in [0.05, 0.1) is 0 Å². The number of hydrogen-bond donors (Lipinski definition) is 0. The van der Waals surface area contributed by atoms with Crippen molar-refractivity contribution in [1.82, 2.24) is 0 Å². The van der Waals surface area contributed by atoms with Crippen molar-refractivity contribution >= 4 is 0 Å². The van der Waals surface area contributed by atoms with Crippen LogP contribution in [0.2, 0.25) is 0 Å². The normalized spacial score (nSPS) is 10.2. The van der Waals surface area contributed by atoms with E-state index >= 15 is 0 Å². The average molecular weight is 168 g/mol. The molecule has 72 valence electrons. The third-order valence-electron chi connectivity index (χ3n) is 2.24. The van der Waals surface area contributed by atoms with Crippen LogP contribution in [0.1, 0.15) is 65.2 Å². The Bertz CT molecular complexity index is 103. The monoisotopic (exact) mass is 168 g/mol. The molecule has 0 radical (unpaired) electrons. The summed E-state index contributed by atoms with van der Waals surface area (Å²) in [4.78, 5) is 0. The minimum Gasteiger partial charge on any atom is -0.0999 e. The summed E-state index contributed by atoms with van der Waals surface area (Å²) in [5.41, 5.74) is 1.45. The van der Waals surface area contributed by atoms with E-state index in [-0.39, 0.29) is 0 Å². The molecule has 0 bridgehead atoms. The minimum atomic E-state index is 1.23. The fourth-order valence-electron chi connectivity index (χ4n) is 1.46. The summed E-state index contributed by atoms with van der Waals surface area (Å²) in [5.74, 6) is 0. The van der Waals surface area contributed by atoms with Gasteiger partial charge in [0.15, 0.2) is 0 Å². The van der Waals surface area contributed by atoms with Gasteiger partial charge < -0.3 is 0 Å². The van der Waals surface area contributed by atoms with Crippen molar-refractivity contribution in [1.29, 1.82) is 0 Å². The molecule has 0 heterocycles. The second kappa shape index (κ2) is 8.83.